The van der Waals surface area contributed by atoms with Gasteiger partial charge in [-0.3, -0.25) is 0 Å². The predicted octanol–water partition coefficient (Wildman–Crippen LogP) is 3.53. The molecule has 5 rings (SSSR count). The Morgan fingerprint density at radius 3 is 2.48 bits per heavy atom. The van der Waals surface area contributed by atoms with Crippen molar-refractivity contribution < 1.29 is 9.53 Å². The summed E-state index contributed by atoms with van der Waals surface area (Å²) in [5, 5.41) is 6.36. The van der Waals surface area contributed by atoms with Crippen LogP contribution in [0.4, 0.5) is 10.5 Å². The summed E-state index contributed by atoms with van der Waals surface area (Å²) in [6.07, 6.45) is 10.6. The molecule has 0 spiro atoms. The molecular weight excluding hydrogens is 362 g/mol. The molecule has 5 nitrogen and oxygen atoms in total. The number of urea groups is 1. The zero-order valence-electron chi connectivity index (χ0n) is 17.6. The summed E-state index contributed by atoms with van der Waals surface area (Å²) in [6, 6.07) is 2.40. The molecule has 1 unspecified atom stereocenters. The maximum atomic E-state index is 12.6. The second kappa shape index (κ2) is 8.65. The normalized spacial score (nSPS) is 23.7. The van der Waals surface area contributed by atoms with Crippen LogP contribution in [0.1, 0.15) is 54.4 Å². The zero-order valence-corrected chi connectivity index (χ0v) is 17.6. The second-order valence-corrected chi connectivity index (χ2v) is 9.55. The topological polar surface area (TPSA) is 53.6 Å². The summed E-state index contributed by atoms with van der Waals surface area (Å²) >= 11 is 0. The van der Waals surface area contributed by atoms with E-state index >= 15 is 0 Å². The molecule has 2 aliphatic heterocycles. The molecule has 1 aromatic carbocycles. The Balaban J connectivity index is 1.04. The minimum Gasteiger partial charge on any atom is -0.381 e. The minimum atomic E-state index is -0.0168. The number of ether oxygens (including phenoxy) is 1. The minimum absolute atomic E-state index is 0.0168. The van der Waals surface area contributed by atoms with Crippen LogP contribution >= 0.6 is 0 Å². The largest absolute Gasteiger partial charge is 0.381 e. The molecule has 2 saturated heterocycles. The van der Waals surface area contributed by atoms with Crippen molar-refractivity contribution >= 4 is 11.7 Å². The van der Waals surface area contributed by atoms with Crippen molar-refractivity contribution in [1.29, 1.82) is 0 Å². The molecule has 0 bridgehead atoms. The second-order valence-electron chi connectivity index (χ2n) is 9.55. The molecule has 5 heteroatoms. The zero-order chi connectivity index (χ0) is 19.6. The van der Waals surface area contributed by atoms with Crippen molar-refractivity contribution in [3.8, 4) is 0 Å². The Morgan fingerprint density at radius 2 is 1.79 bits per heavy atom. The smallest absolute Gasteiger partial charge is 0.319 e. The van der Waals surface area contributed by atoms with Gasteiger partial charge in [0.25, 0.3) is 0 Å². The molecule has 158 valence electrons. The highest BCUT2D eigenvalue weighted by Gasteiger charge is 2.28. The molecule has 29 heavy (non-hydrogen) atoms. The maximum absolute atomic E-state index is 12.6. The molecule has 2 heterocycles. The van der Waals surface area contributed by atoms with Crippen LogP contribution in [0, 0.1) is 11.8 Å². The van der Waals surface area contributed by atoms with Crippen molar-refractivity contribution in [3.05, 3.63) is 28.3 Å². The molecule has 4 aliphatic rings. The van der Waals surface area contributed by atoms with Crippen molar-refractivity contribution in [2.45, 2.75) is 57.8 Å². The molecule has 0 radical (unpaired) electrons. The van der Waals surface area contributed by atoms with Crippen molar-refractivity contribution in [3.63, 3.8) is 0 Å². The molecule has 0 aromatic heterocycles. The van der Waals surface area contributed by atoms with Gasteiger partial charge in [-0.1, -0.05) is 6.07 Å². The van der Waals surface area contributed by atoms with Crippen LogP contribution in [0.25, 0.3) is 0 Å². The molecule has 2 aliphatic carbocycles. The van der Waals surface area contributed by atoms with Crippen molar-refractivity contribution in [2.75, 3.05) is 44.7 Å². The average molecular weight is 398 g/mol. The van der Waals surface area contributed by atoms with E-state index in [0.717, 1.165) is 56.5 Å². The Labute approximate surface area is 174 Å². The molecule has 1 aromatic rings. The summed E-state index contributed by atoms with van der Waals surface area (Å²) < 4.78 is 5.46. The van der Waals surface area contributed by atoms with Crippen LogP contribution in [-0.2, 0) is 30.4 Å². The van der Waals surface area contributed by atoms with E-state index in [-0.39, 0.29) is 6.03 Å². The number of hydrogen-bond donors (Lipinski definition) is 2. The number of aryl methyl sites for hydroxylation is 2. The number of amides is 2. The number of fused-ring (bicyclic) bond motifs is 2. The highest BCUT2D eigenvalue weighted by molar-refractivity contribution is 5.92. The quantitative estimate of drug-likeness (QED) is 0.740. The fraction of sp³-hybridized carbons (Fsp3) is 0.708. The standard InChI is InChI=1S/C24H35N3O2/c28-24(25-10-7-18-14-27(15-18)11-8-17-9-12-29-16-17)26-23-21-5-1-3-19(21)13-20-4-2-6-22(20)23/h13,17-18H,1-12,14-16H2,(H2,25,26,28). The van der Waals surface area contributed by atoms with E-state index in [1.165, 1.54) is 80.4 Å². The summed E-state index contributed by atoms with van der Waals surface area (Å²) in [7, 11) is 0. The molecule has 2 amide bonds. The maximum Gasteiger partial charge on any atom is 0.319 e. The molecule has 0 saturated carbocycles. The summed E-state index contributed by atoms with van der Waals surface area (Å²) in [5.41, 5.74) is 6.90. The van der Waals surface area contributed by atoms with Gasteiger partial charge in [-0.15, -0.1) is 0 Å². The van der Waals surface area contributed by atoms with Crippen LogP contribution in [0.5, 0.6) is 0 Å². The number of rotatable bonds is 7. The lowest BCUT2D eigenvalue weighted by atomic mass is 9.95. The Morgan fingerprint density at radius 1 is 1.03 bits per heavy atom. The van der Waals surface area contributed by atoms with Gasteiger partial charge in [-0.25, -0.2) is 4.79 Å². The number of likely N-dealkylation sites (tertiary alicyclic amines) is 1. The molecular formula is C24H35N3O2. The highest BCUT2D eigenvalue weighted by Crippen LogP contribution is 2.38. The third kappa shape index (κ3) is 4.31. The van der Waals surface area contributed by atoms with Crippen LogP contribution in [-0.4, -0.2) is 50.3 Å². The van der Waals surface area contributed by atoms with Gasteiger partial charge in [0, 0.05) is 38.5 Å². The van der Waals surface area contributed by atoms with E-state index in [0.29, 0.717) is 0 Å². The number of nitrogens with one attached hydrogen (secondary N) is 2. The molecule has 1 atom stereocenters. The summed E-state index contributed by atoms with van der Waals surface area (Å²) in [4.78, 5) is 15.1. The number of anilines is 1. The fourth-order valence-electron chi connectivity index (χ4n) is 5.73. The molecule has 2 N–H and O–H groups in total. The average Bonchev–Trinajstić information content (AvgIpc) is 3.43. The SMILES string of the molecule is O=C(NCCC1CN(CCC2CCOC2)C1)Nc1c2c(cc3c1CCC3)CCC2. The first-order valence-electron chi connectivity index (χ1n) is 11.8. The van der Waals surface area contributed by atoms with E-state index in [2.05, 4.69) is 21.6 Å². The lowest BCUT2D eigenvalue weighted by Gasteiger charge is -2.39. The van der Waals surface area contributed by atoms with Gasteiger partial charge in [0.15, 0.2) is 0 Å². The Kier molecular flexibility index (Phi) is 5.78. The number of carbonyl (C=O) groups excluding carboxylic acids is 1. The van der Waals surface area contributed by atoms with Gasteiger partial charge < -0.3 is 20.3 Å². The first kappa shape index (κ1) is 19.4. The lowest BCUT2D eigenvalue weighted by molar-refractivity contribution is 0.0861. The monoisotopic (exact) mass is 397 g/mol. The highest BCUT2D eigenvalue weighted by atomic mass is 16.5. The van der Waals surface area contributed by atoms with E-state index in [1.807, 2.05) is 0 Å². The lowest BCUT2D eigenvalue weighted by Crippen LogP contribution is -2.48. The number of benzene rings is 1. The van der Waals surface area contributed by atoms with E-state index < -0.39 is 0 Å². The number of carbonyl (C=O) groups is 1. The number of hydrogen-bond acceptors (Lipinski definition) is 3. The van der Waals surface area contributed by atoms with Gasteiger partial charge in [-0.05, 0) is 98.4 Å². The Bertz CT molecular complexity index is 719. The predicted molar refractivity (Wildman–Crippen MR) is 116 cm³/mol. The summed E-state index contributed by atoms with van der Waals surface area (Å²) in [6.45, 7) is 6.29. The van der Waals surface area contributed by atoms with E-state index in [4.69, 9.17) is 4.74 Å². The van der Waals surface area contributed by atoms with Gasteiger partial charge in [0.05, 0.1) is 0 Å². The first-order chi connectivity index (χ1) is 14.3. The van der Waals surface area contributed by atoms with E-state index in [1.54, 1.807) is 0 Å². The van der Waals surface area contributed by atoms with Crippen LogP contribution < -0.4 is 10.6 Å². The molecule has 2 fully saturated rings. The van der Waals surface area contributed by atoms with Gasteiger partial charge in [-0.2, -0.15) is 0 Å². The van der Waals surface area contributed by atoms with E-state index in [9.17, 15) is 4.79 Å². The third-order valence-electron chi connectivity index (χ3n) is 7.46. The van der Waals surface area contributed by atoms with Crippen LogP contribution in [0.2, 0.25) is 0 Å². The number of nitrogens with zero attached hydrogens (tertiary/aromatic N) is 1. The van der Waals surface area contributed by atoms with Crippen LogP contribution in [0.15, 0.2) is 6.07 Å². The van der Waals surface area contributed by atoms with Crippen LogP contribution in [0.3, 0.4) is 0 Å². The van der Waals surface area contributed by atoms with Gasteiger partial charge in [0.2, 0.25) is 0 Å². The Hall–Kier alpha value is -1.59. The fourth-order valence-corrected chi connectivity index (χ4v) is 5.73. The summed E-state index contributed by atoms with van der Waals surface area (Å²) in [5.74, 6) is 1.51. The third-order valence-corrected chi connectivity index (χ3v) is 7.46. The van der Waals surface area contributed by atoms with Gasteiger partial charge in [0.1, 0.15) is 0 Å². The first-order valence-corrected chi connectivity index (χ1v) is 11.8. The van der Waals surface area contributed by atoms with Gasteiger partial charge >= 0.3 is 6.03 Å². The van der Waals surface area contributed by atoms with Crippen molar-refractivity contribution in [2.24, 2.45) is 11.8 Å². The van der Waals surface area contributed by atoms with Crippen molar-refractivity contribution in [1.82, 2.24) is 10.2 Å².